The van der Waals surface area contributed by atoms with Crippen LogP contribution in [0, 0.1) is 5.41 Å². The molecule has 0 saturated carbocycles. The maximum Gasteiger partial charge on any atom is 0.0593 e. The predicted molar refractivity (Wildman–Crippen MR) is 87.2 cm³/mol. The lowest BCUT2D eigenvalue weighted by Gasteiger charge is -2.37. The molecule has 120 valence electrons. The minimum absolute atomic E-state index is 0.280. The molecule has 1 N–H and O–H groups in total. The van der Waals surface area contributed by atoms with E-state index in [2.05, 4.69) is 51.8 Å². The normalized spacial score (nSPS) is 19.5. The molecular weight excluding hydrogens is 248 g/mol. The Hall–Kier alpha value is -0.120. The Balaban J connectivity index is 2.13. The number of likely N-dealkylation sites (tertiary alicyclic amines) is 1. The molecule has 3 heteroatoms. The van der Waals surface area contributed by atoms with Crippen molar-refractivity contribution in [2.75, 3.05) is 32.8 Å². The molecule has 0 unspecified atom stereocenters. The van der Waals surface area contributed by atoms with Gasteiger partial charge in [0.25, 0.3) is 0 Å². The second kappa shape index (κ2) is 7.77. The Morgan fingerprint density at radius 2 is 1.70 bits per heavy atom. The van der Waals surface area contributed by atoms with E-state index in [9.17, 15) is 0 Å². The van der Waals surface area contributed by atoms with E-state index in [1.165, 1.54) is 32.4 Å². The lowest BCUT2D eigenvalue weighted by atomic mass is 9.96. The summed E-state index contributed by atoms with van der Waals surface area (Å²) in [6.45, 7) is 18.8. The molecule has 1 aliphatic rings. The van der Waals surface area contributed by atoms with E-state index in [0.29, 0.717) is 6.04 Å². The van der Waals surface area contributed by atoms with Gasteiger partial charge in [0.1, 0.15) is 0 Å². The van der Waals surface area contributed by atoms with E-state index in [1.54, 1.807) is 0 Å². The maximum atomic E-state index is 5.77. The highest BCUT2D eigenvalue weighted by atomic mass is 16.5. The van der Waals surface area contributed by atoms with Gasteiger partial charge in [0.05, 0.1) is 13.2 Å². The molecule has 1 rings (SSSR count). The van der Waals surface area contributed by atoms with Crippen molar-refractivity contribution in [1.82, 2.24) is 10.2 Å². The van der Waals surface area contributed by atoms with Crippen molar-refractivity contribution < 1.29 is 4.74 Å². The first-order valence-electron chi connectivity index (χ1n) is 8.30. The van der Waals surface area contributed by atoms with Crippen LogP contribution >= 0.6 is 0 Å². The second-order valence-corrected chi connectivity index (χ2v) is 8.11. The van der Waals surface area contributed by atoms with Crippen molar-refractivity contribution in [3.8, 4) is 0 Å². The minimum atomic E-state index is 0.280. The molecule has 0 radical (unpaired) electrons. The maximum absolute atomic E-state index is 5.77. The molecule has 1 saturated heterocycles. The van der Waals surface area contributed by atoms with Crippen LogP contribution in [0.1, 0.15) is 60.8 Å². The number of ether oxygens (including phenoxy) is 1. The van der Waals surface area contributed by atoms with Gasteiger partial charge in [-0.1, -0.05) is 27.7 Å². The average Bonchev–Trinajstić information content (AvgIpc) is 2.35. The Morgan fingerprint density at radius 1 is 1.10 bits per heavy atom. The standard InChI is InChI=1S/C17H36N2O/c1-7-17(5,6)18-15-8-10-19(11-9-15)12-13-20-14-16(2,3)4/h15,18H,7-14H2,1-6H3. The minimum Gasteiger partial charge on any atom is -0.380 e. The quantitative estimate of drug-likeness (QED) is 0.726. The molecule has 1 heterocycles. The van der Waals surface area contributed by atoms with Gasteiger partial charge in [0.15, 0.2) is 0 Å². The SMILES string of the molecule is CCC(C)(C)NC1CCN(CCOCC(C)(C)C)CC1. The first kappa shape index (κ1) is 17.9. The van der Waals surface area contributed by atoms with Crippen molar-refractivity contribution in [1.29, 1.82) is 0 Å². The van der Waals surface area contributed by atoms with E-state index < -0.39 is 0 Å². The number of nitrogens with zero attached hydrogens (tertiary/aromatic N) is 1. The van der Waals surface area contributed by atoms with Crippen LogP contribution < -0.4 is 5.32 Å². The molecule has 1 fully saturated rings. The highest BCUT2D eigenvalue weighted by Crippen LogP contribution is 2.16. The van der Waals surface area contributed by atoms with Gasteiger partial charge in [-0.05, 0) is 51.6 Å². The van der Waals surface area contributed by atoms with Gasteiger partial charge in [-0.15, -0.1) is 0 Å². The highest BCUT2D eigenvalue weighted by Gasteiger charge is 2.24. The molecular formula is C17H36N2O. The van der Waals surface area contributed by atoms with Crippen LogP contribution in [0.3, 0.4) is 0 Å². The molecule has 1 aliphatic heterocycles. The number of nitrogens with one attached hydrogen (secondary N) is 1. The number of rotatable bonds is 7. The Bertz CT molecular complexity index is 263. The Kier molecular flexibility index (Phi) is 6.96. The van der Waals surface area contributed by atoms with Gasteiger partial charge in [0.2, 0.25) is 0 Å². The van der Waals surface area contributed by atoms with Crippen molar-refractivity contribution in [3.05, 3.63) is 0 Å². The largest absolute Gasteiger partial charge is 0.380 e. The van der Waals surface area contributed by atoms with E-state index in [1.807, 2.05) is 0 Å². The highest BCUT2D eigenvalue weighted by molar-refractivity contribution is 4.84. The fraction of sp³-hybridized carbons (Fsp3) is 1.00. The summed E-state index contributed by atoms with van der Waals surface area (Å²) in [5.74, 6) is 0. The topological polar surface area (TPSA) is 24.5 Å². The zero-order chi connectivity index (χ0) is 15.2. The summed E-state index contributed by atoms with van der Waals surface area (Å²) in [5, 5.41) is 3.79. The predicted octanol–water partition coefficient (Wildman–Crippen LogP) is 3.29. The summed E-state index contributed by atoms with van der Waals surface area (Å²) in [6, 6.07) is 0.691. The van der Waals surface area contributed by atoms with Gasteiger partial charge >= 0.3 is 0 Å². The summed E-state index contributed by atoms with van der Waals surface area (Å²) in [7, 11) is 0. The number of hydrogen-bond acceptors (Lipinski definition) is 3. The molecule has 3 nitrogen and oxygen atoms in total. The van der Waals surface area contributed by atoms with Gasteiger partial charge in [-0.3, -0.25) is 0 Å². The Morgan fingerprint density at radius 3 is 2.20 bits per heavy atom. The zero-order valence-corrected chi connectivity index (χ0v) is 14.6. The van der Waals surface area contributed by atoms with Crippen LogP contribution in [0.2, 0.25) is 0 Å². The van der Waals surface area contributed by atoms with Crippen LogP contribution in [0.4, 0.5) is 0 Å². The first-order valence-corrected chi connectivity index (χ1v) is 8.30. The van der Waals surface area contributed by atoms with E-state index in [-0.39, 0.29) is 11.0 Å². The summed E-state index contributed by atoms with van der Waals surface area (Å²) >= 11 is 0. The lowest BCUT2D eigenvalue weighted by Crippen LogP contribution is -2.50. The molecule has 0 aromatic carbocycles. The number of hydrogen-bond donors (Lipinski definition) is 1. The fourth-order valence-electron chi connectivity index (χ4n) is 2.53. The molecule has 0 amide bonds. The van der Waals surface area contributed by atoms with Crippen LogP contribution in [-0.2, 0) is 4.74 Å². The first-order chi connectivity index (χ1) is 9.22. The monoisotopic (exact) mass is 284 g/mol. The van der Waals surface area contributed by atoms with E-state index >= 15 is 0 Å². The summed E-state index contributed by atoms with van der Waals surface area (Å²) in [4.78, 5) is 2.54. The molecule has 20 heavy (non-hydrogen) atoms. The van der Waals surface area contributed by atoms with Crippen LogP contribution in [0.5, 0.6) is 0 Å². The smallest absolute Gasteiger partial charge is 0.0593 e. The summed E-state index contributed by atoms with van der Waals surface area (Å²) in [6.07, 6.45) is 3.72. The molecule has 0 aromatic heterocycles. The Labute approximate surface area is 126 Å². The summed E-state index contributed by atoms with van der Waals surface area (Å²) in [5.41, 5.74) is 0.561. The second-order valence-electron chi connectivity index (χ2n) is 8.11. The van der Waals surface area contributed by atoms with Gasteiger partial charge in [-0.25, -0.2) is 0 Å². The third-order valence-electron chi connectivity index (χ3n) is 4.15. The fourth-order valence-corrected chi connectivity index (χ4v) is 2.53. The molecule has 0 bridgehead atoms. The van der Waals surface area contributed by atoms with E-state index in [0.717, 1.165) is 19.8 Å². The molecule has 0 aromatic rings. The third-order valence-corrected chi connectivity index (χ3v) is 4.15. The lowest BCUT2D eigenvalue weighted by molar-refractivity contribution is 0.0483. The molecule has 0 atom stereocenters. The third kappa shape index (κ3) is 7.61. The van der Waals surface area contributed by atoms with E-state index in [4.69, 9.17) is 4.74 Å². The zero-order valence-electron chi connectivity index (χ0n) is 14.6. The van der Waals surface area contributed by atoms with Gasteiger partial charge in [0, 0.05) is 18.1 Å². The van der Waals surface area contributed by atoms with Crippen LogP contribution in [-0.4, -0.2) is 49.3 Å². The average molecular weight is 284 g/mol. The van der Waals surface area contributed by atoms with Gasteiger partial charge < -0.3 is 15.0 Å². The van der Waals surface area contributed by atoms with Crippen molar-refractivity contribution in [2.24, 2.45) is 5.41 Å². The van der Waals surface area contributed by atoms with Crippen LogP contribution in [0.15, 0.2) is 0 Å². The van der Waals surface area contributed by atoms with Crippen LogP contribution in [0.25, 0.3) is 0 Å². The molecule has 0 spiro atoms. The summed E-state index contributed by atoms with van der Waals surface area (Å²) < 4.78 is 5.77. The molecule has 0 aliphatic carbocycles. The van der Waals surface area contributed by atoms with Gasteiger partial charge in [-0.2, -0.15) is 0 Å². The van der Waals surface area contributed by atoms with Crippen molar-refractivity contribution >= 4 is 0 Å². The van der Waals surface area contributed by atoms with Crippen molar-refractivity contribution in [2.45, 2.75) is 72.4 Å². The number of piperidine rings is 1. The van der Waals surface area contributed by atoms with Crippen molar-refractivity contribution in [3.63, 3.8) is 0 Å².